The molecule has 1 amide bonds. The van der Waals surface area contributed by atoms with Crippen molar-refractivity contribution in [2.75, 3.05) is 26.2 Å². The number of rotatable bonds is 10. The second-order valence-corrected chi connectivity index (χ2v) is 13.1. The molecule has 4 saturated carbocycles. The highest BCUT2D eigenvalue weighted by molar-refractivity contribution is 5.94. The van der Waals surface area contributed by atoms with Gasteiger partial charge in [-0.2, -0.15) is 0 Å². The average molecular weight is 560 g/mol. The first kappa shape index (κ1) is 31.2. The molecule has 0 spiro atoms. The topological polar surface area (TPSA) is 134 Å². The molecule has 0 aliphatic heterocycles. The minimum atomic E-state index is -0.449. The third-order valence-electron chi connectivity index (χ3n) is 10.5. The summed E-state index contributed by atoms with van der Waals surface area (Å²) in [6, 6.07) is 0. The molecular formula is C32H53N3O5. The number of amides is 1. The second-order valence-electron chi connectivity index (χ2n) is 13.1. The number of carbonyl (C=O) groups excluding carboxylic acids is 2. The van der Waals surface area contributed by atoms with Crippen LogP contribution in [0.15, 0.2) is 22.8 Å². The summed E-state index contributed by atoms with van der Waals surface area (Å²) < 4.78 is 5.95. The van der Waals surface area contributed by atoms with Gasteiger partial charge in [-0.15, -0.1) is 0 Å². The van der Waals surface area contributed by atoms with Crippen molar-refractivity contribution in [3.63, 3.8) is 0 Å². The molecule has 40 heavy (non-hydrogen) atoms. The Labute approximate surface area is 240 Å². The average Bonchev–Trinajstić information content (AvgIpc) is 3.24. The third-order valence-corrected chi connectivity index (χ3v) is 10.5. The number of esters is 1. The quantitative estimate of drug-likeness (QED) is 0.120. The first-order chi connectivity index (χ1) is 19.1. The van der Waals surface area contributed by atoms with E-state index in [4.69, 9.17) is 10.5 Å². The Hall–Kier alpha value is -1.74. The van der Waals surface area contributed by atoms with Crippen molar-refractivity contribution < 1.29 is 24.5 Å². The molecule has 4 aliphatic rings. The number of allylic oxidation sites excluding steroid dienone is 2. The van der Waals surface area contributed by atoms with Crippen LogP contribution in [0.3, 0.4) is 0 Å². The first-order valence-electron chi connectivity index (χ1n) is 15.7. The van der Waals surface area contributed by atoms with Crippen molar-refractivity contribution >= 4 is 11.9 Å². The number of hydrogen-bond donors (Lipinski definition) is 5. The Kier molecular flexibility index (Phi) is 10.9. The van der Waals surface area contributed by atoms with Crippen molar-refractivity contribution in [1.29, 1.82) is 0 Å². The smallest absolute Gasteiger partial charge is 0.303 e. The summed E-state index contributed by atoms with van der Waals surface area (Å²) in [5.74, 6) is 1.60. The molecule has 0 aromatic heterocycles. The summed E-state index contributed by atoms with van der Waals surface area (Å²) in [6.07, 6.45) is 7.55. The molecule has 4 fully saturated rings. The summed E-state index contributed by atoms with van der Waals surface area (Å²) >= 11 is 0. The molecule has 0 aromatic rings. The van der Waals surface area contributed by atoms with Crippen LogP contribution in [0, 0.1) is 41.4 Å². The Bertz CT molecular complexity index is 960. The lowest BCUT2D eigenvalue weighted by Gasteiger charge is -2.55. The number of aliphatic hydroxyl groups excluding tert-OH is 2. The number of carbonyl (C=O) groups is 2. The zero-order chi connectivity index (χ0) is 29.0. The van der Waals surface area contributed by atoms with Gasteiger partial charge in [-0.3, -0.25) is 9.59 Å². The van der Waals surface area contributed by atoms with Crippen LogP contribution in [0.2, 0.25) is 0 Å². The highest BCUT2D eigenvalue weighted by Gasteiger charge is 2.57. The molecule has 4 rings (SSSR count). The van der Waals surface area contributed by atoms with Gasteiger partial charge in [-0.1, -0.05) is 18.6 Å². The van der Waals surface area contributed by atoms with Gasteiger partial charge in [0.05, 0.1) is 12.2 Å². The van der Waals surface area contributed by atoms with Crippen molar-refractivity contribution in [1.82, 2.24) is 10.6 Å². The van der Waals surface area contributed by atoms with E-state index in [9.17, 15) is 19.8 Å². The van der Waals surface area contributed by atoms with Crippen LogP contribution >= 0.6 is 0 Å². The van der Waals surface area contributed by atoms with Gasteiger partial charge >= 0.3 is 5.97 Å². The molecule has 7 unspecified atom stereocenters. The number of aliphatic hydroxyl groups is 2. The SMILES string of the molecule is CC(=O)OC1CC2C(C[C@@H](O)C3C2CCC2C3CC[C@@H](O)[C@H]2C)/C1=C(\CCC=C(C)C)C(=O)NCCNCCN. The van der Waals surface area contributed by atoms with E-state index >= 15 is 0 Å². The minimum Gasteiger partial charge on any atom is -0.458 e. The van der Waals surface area contributed by atoms with Crippen molar-refractivity contribution in [3.8, 4) is 0 Å². The summed E-state index contributed by atoms with van der Waals surface area (Å²) in [4.78, 5) is 26.0. The molecule has 8 nitrogen and oxygen atoms in total. The maximum Gasteiger partial charge on any atom is 0.303 e. The van der Waals surface area contributed by atoms with Gasteiger partial charge in [0.15, 0.2) is 0 Å². The molecule has 4 aliphatic carbocycles. The lowest BCUT2D eigenvalue weighted by molar-refractivity contribution is -0.145. The molecule has 0 heterocycles. The van der Waals surface area contributed by atoms with Crippen molar-refractivity contribution in [2.45, 2.75) is 97.4 Å². The fourth-order valence-corrected chi connectivity index (χ4v) is 8.86. The van der Waals surface area contributed by atoms with E-state index < -0.39 is 12.2 Å². The first-order valence-corrected chi connectivity index (χ1v) is 15.7. The van der Waals surface area contributed by atoms with Crippen LogP contribution < -0.4 is 16.4 Å². The van der Waals surface area contributed by atoms with Gasteiger partial charge in [0.2, 0.25) is 5.91 Å². The predicted molar refractivity (Wildman–Crippen MR) is 156 cm³/mol. The van der Waals surface area contributed by atoms with Crippen LogP contribution in [0.1, 0.15) is 79.1 Å². The zero-order valence-electron chi connectivity index (χ0n) is 25.0. The monoisotopic (exact) mass is 559 g/mol. The van der Waals surface area contributed by atoms with Gasteiger partial charge < -0.3 is 31.3 Å². The van der Waals surface area contributed by atoms with E-state index in [1.54, 1.807) is 0 Å². The largest absolute Gasteiger partial charge is 0.458 e. The Morgan fingerprint density at radius 3 is 2.35 bits per heavy atom. The fourth-order valence-electron chi connectivity index (χ4n) is 8.86. The standard InChI is InChI=1S/C32H53N3O5/c1-18(2)6-5-7-24(32(39)35-15-14-34-13-12-33)31-26-16-28(38)30-22-10-11-27(37)19(3)21(22)8-9-23(30)25(26)17-29(31)40-20(4)36/h6,19,21-23,25-30,34,37-38H,5,7-17,33H2,1-4H3,(H,35,39)/b31-24-/t19-,21?,22?,23?,25?,26?,27+,28+,29?,30?/m0/s1. The van der Waals surface area contributed by atoms with E-state index in [0.29, 0.717) is 56.8 Å². The second kappa shape index (κ2) is 14.0. The summed E-state index contributed by atoms with van der Waals surface area (Å²) in [6.45, 7) is 10.1. The summed E-state index contributed by atoms with van der Waals surface area (Å²) in [5, 5.41) is 28.5. The van der Waals surface area contributed by atoms with E-state index in [1.165, 1.54) is 12.5 Å². The van der Waals surface area contributed by atoms with Crippen LogP contribution in [0.25, 0.3) is 0 Å². The Morgan fingerprint density at radius 2 is 1.65 bits per heavy atom. The maximum absolute atomic E-state index is 13.7. The summed E-state index contributed by atoms with van der Waals surface area (Å²) in [5.41, 5.74) is 8.45. The van der Waals surface area contributed by atoms with E-state index in [0.717, 1.165) is 49.7 Å². The Balaban J connectivity index is 1.64. The fraction of sp³-hybridized carbons (Fsp3) is 0.812. The van der Waals surface area contributed by atoms with Gasteiger partial charge in [-0.25, -0.2) is 0 Å². The molecule has 8 heteroatoms. The normalized spacial score (nSPS) is 38.0. The van der Waals surface area contributed by atoms with Crippen LogP contribution in [0.5, 0.6) is 0 Å². The third kappa shape index (κ3) is 6.83. The lowest BCUT2D eigenvalue weighted by Crippen LogP contribution is -2.53. The predicted octanol–water partition coefficient (Wildman–Crippen LogP) is 3.08. The minimum absolute atomic E-state index is 0.0339. The molecular weight excluding hydrogens is 506 g/mol. The van der Waals surface area contributed by atoms with Crippen molar-refractivity contribution in [3.05, 3.63) is 22.8 Å². The zero-order valence-corrected chi connectivity index (χ0v) is 25.0. The van der Waals surface area contributed by atoms with Crippen LogP contribution in [-0.4, -0.2) is 66.6 Å². The molecule has 0 saturated heterocycles. The summed E-state index contributed by atoms with van der Waals surface area (Å²) in [7, 11) is 0. The number of nitrogens with one attached hydrogen (secondary N) is 2. The maximum atomic E-state index is 13.7. The Morgan fingerprint density at radius 1 is 0.950 bits per heavy atom. The van der Waals surface area contributed by atoms with E-state index in [2.05, 4.69) is 37.5 Å². The molecule has 6 N–H and O–H groups in total. The van der Waals surface area contributed by atoms with Gasteiger partial charge in [0.1, 0.15) is 6.10 Å². The van der Waals surface area contributed by atoms with Gasteiger partial charge in [-0.05, 0) is 112 Å². The number of ether oxygens (including phenoxy) is 1. The molecule has 10 atom stereocenters. The molecule has 0 radical (unpaired) electrons. The molecule has 0 aromatic carbocycles. The number of fused-ring (bicyclic) bond motifs is 5. The van der Waals surface area contributed by atoms with Gasteiger partial charge in [0, 0.05) is 38.7 Å². The number of hydrogen-bond acceptors (Lipinski definition) is 7. The van der Waals surface area contributed by atoms with Crippen LogP contribution in [0.4, 0.5) is 0 Å². The lowest BCUT2D eigenvalue weighted by atomic mass is 9.51. The molecule has 226 valence electrons. The molecule has 0 bridgehead atoms. The van der Waals surface area contributed by atoms with Gasteiger partial charge in [0.25, 0.3) is 0 Å². The highest BCUT2D eigenvalue weighted by Crippen LogP contribution is 2.60. The van der Waals surface area contributed by atoms with E-state index in [-0.39, 0.29) is 41.7 Å². The number of nitrogens with two attached hydrogens (primary N) is 1. The van der Waals surface area contributed by atoms with Crippen LogP contribution in [-0.2, 0) is 14.3 Å². The highest BCUT2D eigenvalue weighted by atomic mass is 16.5. The van der Waals surface area contributed by atoms with Crippen molar-refractivity contribution in [2.24, 2.45) is 47.2 Å². The van der Waals surface area contributed by atoms with E-state index in [1.807, 2.05) is 0 Å².